The lowest BCUT2D eigenvalue weighted by atomic mass is 10.3. The van der Waals surface area contributed by atoms with Crippen LogP contribution in [0.3, 0.4) is 0 Å². The Kier molecular flexibility index (Phi) is 8.51. The van der Waals surface area contributed by atoms with E-state index < -0.39 is 0 Å². The molecule has 0 bridgehead atoms. The summed E-state index contributed by atoms with van der Waals surface area (Å²) in [7, 11) is 6.34. The standard InChI is InChI=1S/C22H36N8O4/c1-25-17(15-19(31)27(3)21(25)33)29-11-5-7-24-10-14-30(12-6-8-23-9-13-29)18-16-20(32)28(4)22(34)26(18)2/h15-16,23-24H,5-14H2,1-4H3. The van der Waals surface area contributed by atoms with E-state index >= 15 is 0 Å². The van der Waals surface area contributed by atoms with Crippen molar-refractivity contribution in [1.82, 2.24) is 28.9 Å². The Bertz CT molecular complexity index is 1110. The second kappa shape index (κ2) is 11.3. The second-order valence-electron chi connectivity index (χ2n) is 8.66. The molecule has 0 unspecified atom stereocenters. The lowest BCUT2D eigenvalue weighted by Gasteiger charge is -2.29. The van der Waals surface area contributed by atoms with Crippen LogP contribution < -0.4 is 42.9 Å². The minimum absolute atomic E-state index is 0.311. The summed E-state index contributed by atoms with van der Waals surface area (Å²) in [6, 6.07) is 3.04. The molecule has 3 rings (SSSR count). The molecular formula is C22H36N8O4. The zero-order chi connectivity index (χ0) is 24.8. The van der Waals surface area contributed by atoms with E-state index in [1.807, 2.05) is 0 Å². The van der Waals surface area contributed by atoms with Crippen LogP contribution in [0.2, 0.25) is 0 Å². The fourth-order valence-corrected chi connectivity index (χ4v) is 4.20. The first-order valence-corrected chi connectivity index (χ1v) is 11.7. The third kappa shape index (κ3) is 5.68. The molecule has 0 aromatic carbocycles. The van der Waals surface area contributed by atoms with Gasteiger partial charge in [-0.3, -0.25) is 27.9 Å². The van der Waals surface area contributed by atoms with Gasteiger partial charge in [0.2, 0.25) is 0 Å². The van der Waals surface area contributed by atoms with Crippen molar-refractivity contribution in [2.45, 2.75) is 12.8 Å². The quantitative estimate of drug-likeness (QED) is 0.500. The van der Waals surface area contributed by atoms with E-state index in [2.05, 4.69) is 20.4 Å². The fraction of sp³-hybridized carbons (Fsp3) is 0.636. The first kappa shape index (κ1) is 25.5. The van der Waals surface area contributed by atoms with E-state index in [-0.39, 0.29) is 22.5 Å². The van der Waals surface area contributed by atoms with Gasteiger partial charge in [0.05, 0.1) is 0 Å². The van der Waals surface area contributed by atoms with Crippen LogP contribution in [0.4, 0.5) is 11.6 Å². The number of nitrogens with one attached hydrogen (secondary N) is 2. The van der Waals surface area contributed by atoms with E-state index in [1.165, 1.54) is 35.4 Å². The van der Waals surface area contributed by atoms with Crippen LogP contribution in [0.15, 0.2) is 31.3 Å². The van der Waals surface area contributed by atoms with Crippen LogP contribution in [0.25, 0.3) is 0 Å². The molecule has 2 aromatic rings. The number of aromatic nitrogens is 4. The average molecular weight is 477 g/mol. The number of anilines is 2. The first-order valence-electron chi connectivity index (χ1n) is 11.7. The molecule has 0 amide bonds. The van der Waals surface area contributed by atoms with Crippen molar-refractivity contribution in [2.24, 2.45) is 28.2 Å². The van der Waals surface area contributed by atoms with Crippen LogP contribution >= 0.6 is 0 Å². The first-order chi connectivity index (χ1) is 16.2. The monoisotopic (exact) mass is 476 g/mol. The molecule has 3 heterocycles. The molecule has 0 atom stereocenters. The third-order valence-corrected chi connectivity index (χ3v) is 6.33. The minimum atomic E-state index is -0.335. The summed E-state index contributed by atoms with van der Waals surface area (Å²) < 4.78 is 5.25. The van der Waals surface area contributed by atoms with E-state index in [4.69, 9.17) is 0 Å². The van der Waals surface area contributed by atoms with Crippen molar-refractivity contribution in [2.75, 3.05) is 62.2 Å². The molecule has 2 N–H and O–H groups in total. The molecule has 0 spiro atoms. The fourth-order valence-electron chi connectivity index (χ4n) is 4.20. The molecule has 34 heavy (non-hydrogen) atoms. The molecular weight excluding hydrogens is 440 g/mol. The number of hydrogen-bond acceptors (Lipinski definition) is 8. The highest BCUT2D eigenvalue weighted by atomic mass is 16.2. The highest BCUT2D eigenvalue weighted by Crippen LogP contribution is 2.10. The largest absolute Gasteiger partial charge is 0.356 e. The molecule has 1 aliphatic rings. The molecule has 188 valence electrons. The highest BCUT2D eigenvalue weighted by molar-refractivity contribution is 5.39. The lowest BCUT2D eigenvalue weighted by molar-refractivity contribution is 0.559. The molecule has 1 fully saturated rings. The number of nitrogens with zero attached hydrogens (tertiary/aromatic N) is 6. The Morgan fingerprint density at radius 2 is 0.941 bits per heavy atom. The van der Waals surface area contributed by atoms with Gasteiger partial charge in [-0.2, -0.15) is 0 Å². The van der Waals surface area contributed by atoms with Crippen LogP contribution in [0.1, 0.15) is 12.8 Å². The topological polar surface area (TPSA) is 119 Å². The maximum atomic E-state index is 12.4. The molecule has 1 aliphatic heterocycles. The van der Waals surface area contributed by atoms with Crippen molar-refractivity contribution in [1.29, 1.82) is 0 Å². The summed E-state index contributed by atoms with van der Waals surface area (Å²) in [5, 5.41) is 6.86. The lowest BCUT2D eigenvalue weighted by Crippen LogP contribution is -2.44. The van der Waals surface area contributed by atoms with Gasteiger partial charge < -0.3 is 20.4 Å². The summed E-state index contributed by atoms with van der Waals surface area (Å²) in [6.07, 6.45) is 1.65. The summed E-state index contributed by atoms with van der Waals surface area (Å²) in [4.78, 5) is 53.3. The molecule has 0 saturated carbocycles. The van der Waals surface area contributed by atoms with Gasteiger partial charge in [0.15, 0.2) is 0 Å². The van der Waals surface area contributed by atoms with E-state index in [0.717, 1.165) is 35.1 Å². The van der Waals surface area contributed by atoms with Crippen LogP contribution in [-0.2, 0) is 28.2 Å². The van der Waals surface area contributed by atoms with Crippen LogP contribution in [0, 0.1) is 0 Å². The Balaban J connectivity index is 1.71. The predicted molar refractivity (Wildman–Crippen MR) is 133 cm³/mol. The highest BCUT2D eigenvalue weighted by Gasteiger charge is 2.15. The summed E-state index contributed by atoms with van der Waals surface area (Å²) in [6.45, 7) is 5.62. The third-order valence-electron chi connectivity index (χ3n) is 6.33. The van der Waals surface area contributed by atoms with E-state index in [1.54, 1.807) is 14.1 Å². The van der Waals surface area contributed by atoms with Crippen molar-refractivity contribution in [3.05, 3.63) is 53.8 Å². The van der Waals surface area contributed by atoms with Gasteiger partial charge in [-0.1, -0.05) is 0 Å². The molecule has 2 aromatic heterocycles. The Morgan fingerprint density at radius 3 is 1.32 bits per heavy atom. The van der Waals surface area contributed by atoms with Crippen LogP contribution in [-0.4, -0.2) is 70.6 Å². The molecule has 0 aliphatic carbocycles. The van der Waals surface area contributed by atoms with Gasteiger partial charge in [-0.25, -0.2) is 9.59 Å². The Hall–Kier alpha value is -3.12. The van der Waals surface area contributed by atoms with Crippen molar-refractivity contribution >= 4 is 11.6 Å². The van der Waals surface area contributed by atoms with Gasteiger partial charge in [-0.15, -0.1) is 0 Å². The van der Waals surface area contributed by atoms with Gasteiger partial charge in [0, 0.05) is 79.6 Å². The van der Waals surface area contributed by atoms with Gasteiger partial charge in [0.1, 0.15) is 11.6 Å². The van der Waals surface area contributed by atoms with Crippen molar-refractivity contribution in [3.8, 4) is 0 Å². The predicted octanol–water partition coefficient (Wildman–Crippen LogP) is -2.23. The van der Waals surface area contributed by atoms with E-state index in [0.29, 0.717) is 50.9 Å². The van der Waals surface area contributed by atoms with Gasteiger partial charge in [0.25, 0.3) is 11.1 Å². The minimum Gasteiger partial charge on any atom is -0.356 e. The molecule has 12 heteroatoms. The van der Waals surface area contributed by atoms with Crippen LogP contribution in [0.5, 0.6) is 0 Å². The number of rotatable bonds is 2. The maximum Gasteiger partial charge on any atom is 0.332 e. The summed E-state index contributed by atoms with van der Waals surface area (Å²) in [5.74, 6) is 1.25. The zero-order valence-electron chi connectivity index (χ0n) is 20.5. The normalized spacial score (nSPS) is 16.9. The van der Waals surface area contributed by atoms with Crippen molar-refractivity contribution < 1.29 is 0 Å². The Labute approximate surface area is 198 Å². The maximum absolute atomic E-state index is 12.4. The summed E-state index contributed by atoms with van der Waals surface area (Å²) >= 11 is 0. The second-order valence-corrected chi connectivity index (χ2v) is 8.66. The molecule has 1 saturated heterocycles. The zero-order valence-corrected chi connectivity index (χ0v) is 20.5. The van der Waals surface area contributed by atoms with Crippen molar-refractivity contribution in [3.63, 3.8) is 0 Å². The smallest absolute Gasteiger partial charge is 0.332 e. The number of hydrogen-bond donors (Lipinski definition) is 2. The van der Waals surface area contributed by atoms with Gasteiger partial charge in [-0.05, 0) is 25.9 Å². The van der Waals surface area contributed by atoms with E-state index in [9.17, 15) is 19.2 Å². The summed E-state index contributed by atoms with van der Waals surface area (Å²) in [5.41, 5.74) is -1.29. The Morgan fingerprint density at radius 1 is 0.559 bits per heavy atom. The average Bonchev–Trinajstić information content (AvgIpc) is 2.82. The van der Waals surface area contributed by atoms with Gasteiger partial charge >= 0.3 is 11.4 Å². The molecule has 0 radical (unpaired) electrons. The SMILES string of the molecule is Cn1c(N2CCCNCCN(c3cc(=O)n(C)c(=O)n3C)CCCNCC2)cc(=O)n(C)c1=O. The molecule has 12 nitrogen and oxygen atoms in total.